The number of halogens is 2. The van der Waals surface area contributed by atoms with E-state index in [1.165, 1.54) is 0 Å². The van der Waals surface area contributed by atoms with E-state index in [2.05, 4.69) is 0 Å². The highest BCUT2D eigenvalue weighted by Crippen LogP contribution is 2.30. The Bertz CT molecular complexity index is 591. The second kappa shape index (κ2) is 5.55. The van der Waals surface area contributed by atoms with Crippen LogP contribution in [0.1, 0.15) is 27.0 Å². The molecule has 0 heterocycles. The Hall–Kier alpha value is -1.31. The van der Waals surface area contributed by atoms with Gasteiger partial charge in [-0.15, -0.1) is 0 Å². The van der Waals surface area contributed by atoms with E-state index in [0.29, 0.717) is 22.0 Å². The molecule has 0 aliphatic carbocycles. The number of rotatable bonds is 3. The Labute approximate surface area is 116 Å². The molecule has 2 aromatic carbocycles. The van der Waals surface area contributed by atoms with Crippen molar-refractivity contribution in [1.82, 2.24) is 0 Å². The Balaban J connectivity index is 2.46. The zero-order valence-corrected chi connectivity index (χ0v) is 11.4. The molecular formula is C15H12Cl2O. The van der Waals surface area contributed by atoms with Crippen molar-refractivity contribution in [1.29, 1.82) is 0 Å². The first kappa shape index (κ1) is 13.1. The predicted molar refractivity (Wildman–Crippen MR) is 75.8 cm³/mol. The van der Waals surface area contributed by atoms with Gasteiger partial charge in [-0.25, -0.2) is 0 Å². The molecule has 0 amide bonds. The van der Waals surface area contributed by atoms with Crippen molar-refractivity contribution in [2.24, 2.45) is 0 Å². The van der Waals surface area contributed by atoms with Crippen molar-refractivity contribution in [2.45, 2.75) is 13.3 Å². The molecule has 0 saturated carbocycles. The summed E-state index contributed by atoms with van der Waals surface area (Å²) < 4.78 is 0. The Morgan fingerprint density at radius 2 is 1.83 bits per heavy atom. The van der Waals surface area contributed by atoms with E-state index in [9.17, 15) is 4.79 Å². The SMILES string of the molecule is Cc1ccc(Cl)c(Cc2ccccc2C=O)c1Cl. The van der Waals surface area contributed by atoms with E-state index in [4.69, 9.17) is 23.2 Å². The first-order valence-electron chi connectivity index (χ1n) is 5.60. The minimum absolute atomic E-state index is 0.564. The highest BCUT2D eigenvalue weighted by Gasteiger charge is 2.11. The van der Waals surface area contributed by atoms with Crippen LogP contribution in [0.5, 0.6) is 0 Å². The second-order valence-corrected chi connectivity index (χ2v) is 4.94. The van der Waals surface area contributed by atoms with E-state index in [1.54, 1.807) is 6.07 Å². The van der Waals surface area contributed by atoms with E-state index < -0.39 is 0 Å². The summed E-state index contributed by atoms with van der Waals surface area (Å²) in [6.07, 6.45) is 1.42. The van der Waals surface area contributed by atoms with Gasteiger partial charge in [0.25, 0.3) is 0 Å². The van der Waals surface area contributed by atoms with Crippen molar-refractivity contribution < 1.29 is 4.79 Å². The van der Waals surface area contributed by atoms with Gasteiger partial charge in [-0.2, -0.15) is 0 Å². The van der Waals surface area contributed by atoms with Crippen molar-refractivity contribution >= 4 is 29.5 Å². The standard InChI is InChI=1S/C15H12Cl2O/c1-10-6-7-14(16)13(15(10)17)8-11-4-2-3-5-12(11)9-18/h2-7,9H,8H2,1H3. The van der Waals surface area contributed by atoms with Crippen LogP contribution in [-0.4, -0.2) is 6.29 Å². The van der Waals surface area contributed by atoms with Crippen LogP contribution < -0.4 is 0 Å². The van der Waals surface area contributed by atoms with Gasteiger partial charge in [-0.3, -0.25) is 4.79 Å². The van der Waals surface area contributed by atoms with Gasteiger partial charge in [-0.05, 0) is 29.7 Å². The Kier molecular flexibility index (Phi) is 4.05. The fourth-order valence-corrected chi connectivity index (χ4v) is 2.38. The normalized spacial score (nSPS) is 10.4. The van der Waals surface area contributed by atoms with E-state index in [0.717, 1.165) is 23.0 Å². The zero-order chi connectivity index (χ0) is 13.1. The highest BCUT2D eigenvalue weighted by atomic mass is 35.5. The topological polar surface area (TPSA) is 17.1 Å². The molecule has 0 N–H and O–H groups in total. The van der Waals surface area contributed by atoms with Crippen molar-refractivity contribution in [2.75, 3.05) is 0 Å². The molecule has 0 saturated heterocycles. The van der Waals surface area contributed by atoms with Gasteiger partial charge >= 0.3 is 0 Å². The lowest BCUT2D eigenvalue weighted by Crippen LogP contribution is -1.97. The van der Waals surface area contributed by atoms with Crippen molar-refractivity contribution in [3.63, 3.8) is 0 Å². The summed E-state index contributed by atoms with van der Waals surface area (Å²) in [6.45, 7) is 1.94. The van der Waals surface area contributed by atoms with Crippen LogP contribution in [0.2, 0.25) is 10.0 Å². The maximum absolute atomic E-state index is 11.0. The van der Waals surface area contributed by atoms with Crippen molar-refractivity contribution in [3.05, 3.63) is 68.7 Å². The largest absolute Gasteiger partial charge is 0.298 e. The summed E-state index contributed by atoms with van der Waals surface area (Å²) in [5, 5.41) is 1.30. The molecular weight excluding hydrogens is 267 g/mol. The summed E-state index contributed by atoms with van der Waals surface area (Å²) in [4.78, 5) is 11.0. The van der Waals surface area contributed by atoms with Gasteiger partial charge in [0.15, 0.2) is 0 Å². The van der Waals surface area contributed by atoms with Gasteiger partial charge in [0.1, 0.15) is 6.29 Å². The fourth-order valence-electron chi connectivity index (χ4n) is 1.88. The number of aryl methyl sites for hydroxylation is 1. The number of carbonyl (C=O) groups is 1. The number of carbonyl (C=O) groups excluding carboxylic acids is 1. The molecule has 0 fully saturated rings. The van der Waals surface area contributed by atoms with Crippen LogP contribution in [0, 0.1) is 6.92 Å². The lowest BCUT2D eigenvalue weighted by atomic mass is 9.99. The molecule has 92 valence electrons. The van der Waals surface area contributed by atoms with Crippen molar-refractivity contribution in [3.8, 4) is 0 Å². The maximum atomic E-state index is 11.0. The molecule has 0 aliphatic rings. The van der Waals surface area contributed by atoms with Gasteiger partial charge in [-0.1, -0.05) is 53.5 Å². The summed E-state index contributed by atoms with van der Waals surface area (Å²) >= 11 is 12.4. The lowest BCUT2D eigenvalue weighted by molar-refractivity contribution is 0.112. The molecule has 3 heteroatoms. The minimum Gasteiger partial charge on any atom is -0.298 e. The smallest absolute Gasteiger partial charge is 0.150 e. The number of aldehydes is 1. The molecule has 2 aromatic rings. The van der Waals surface area contributed by atoms with Gasteiger partial charge in [0.2, 0.25) is 0 Å². The molecule has 1 nitrogen and oxygen atoms in total. The average molecular weight is 279 g/mol. The molecule has 0 unspecified atom stereocenters. The van der Waals surface area contributed by atoms with E-state index >= 15 is 0 Å². The summed E-state index contributed by atoms with van der Waals surface area (Å²) in [5.41, 5.74) is 3.46. The number of hydrogen-bond donors (Lipinski definition) is 0. The van der Waals surface area contributed by atoms with Crippen LogP contribution in [0.4, 0.5) is 0 Å². The van der Waals surface area contributed by atoms with E-state index in [1.807, 2.05) is 37.3 Å². The molecule has 0 aromatic heterocycles. The molecule has 0 aliphatic heterocycles. The average Bonchev–Trinajstić information content (AvgIpc) is 2.39. The second-order valence-electron chi connectivity index (χ2n) is 4.15. The summed E-state index contributed by atoms with van der Waals surface area (Å²) in [5.74, 6) is 0. The molecule has 0 radical (unpaired) electrons. The Morgan fingerprint density at radius 3 is 2.56 bits per heavy atom. The van der Waals surface area contributed by atoms with E-state index in [-0.39, 0.29) is 0 Å². The third-order valence-electron chi connectivity index (χ3n) is 2.93. The monoisotopic (exact) mass is 278 g/mol. The predicted octanol–water partition coefficient (Wildman–Crippen LogP) is 4.71. The quantitative estimate of drug-likeness (QED) is 0.744. The third kappa shape index (κ3) is 2.58. The van der Waals surface area contributed by atoms with Gasteiger partial charge < -0.3 is 0 Å². The summed E-state index contributed by atoms with van der Waals surface area (Å²) in [6, 6.07) is 11.2. The first-order valence-corrected chi connectivity index (χ1v) is 6.35. The molecule has 0 atom stereocenters. The maximum Gasteiger partial charge on any atom is 0.150 e. The molecule has 2 rings (SSSR count). The van der Waals surface area contributed by atoms with Crippen LogP contribution in [-0.2, 0) is 6.42 Å². The Morgan fingerprint density at radius 1 is 1.11 bits per heavy atom. The van der Waals surface area contributed by atoms with Gasteiger partial charge in [0.05, 0.1) is 0 Å². The van der Waals surface area contributed by atoms with Crippen LogP contribution in [0.25, 0.3) is 0 Å². The van der Waals surface area contributed by atoms with Crippen LogP contribution >= 0.6 is 23.2 Å². The fraction of sp³-hybridized carbons (Fsp3) is 0.133. The summed E-state index contributed by atoms with van der Waals surface area (Å²) in [7, 11) is 0. The molecule has 0 bridgehead atoms. The third-order valence-corrected chi connectivity index (χ3v) is 3.81. The van der Waals surface area contributed by atoms with Crippen LogP contribution in [0.3, 0.4) is 0 Å². The van der Waals surface area contributed by atoms with Crippen LogP contribution in [0.15, 0.2) is 36.4 Å². The number of hydrogen-bond acceptors (Lipinski definition) is 1. The van der Waals surface area contributed by atoms with Gasteiger partial charge in [0, 0.05) is 22.0 Å². The number of benzene rings is 2. The first-order chi connectivity index (χ1) is 8.63. The highest BCUT2D eigenvalue weighted by molar-refractivity contribution is 6.36. The zero-order valence-electron chi connectivity index (χ0n) is 9.91. The molecule has 0 spiro atoms. The molecule has 18 heavy (non-hydrogen) atoms. The minimum atomic E-state index is 0.564. The lowest BCUT2D eigenvalue weighted by Gasteiger charge is -2.10.